The van der Waals surface area contributed by atoms with Crippen molar-refractivity contribution in [1.82, 2.24) is 0 Å². The van der Waals surface area contributed by atoms with E-state index in [-0.39, 0.29) is 31.1 Å². The lowest BCUT2D eigenvalue weighted by atomic mass is 9.99. The second kappa shape index (κ2) is 41.1. The van der Waals surface area contributed by atoms with Gasteiger partial charge in [-0.25, -0.2) is 0 Å². The van der Waals surface area contributed by atoms with Gasteiger partial charge in [-0.2, -0.15) is 0 Å². The molecule has 54 heavy (non-hydrogen) atoms. The first-order chi connectivity index (χ1) is 26.3. The van der Waals surface area contributed by atoms with Crippen LogP contribution < -0.4 is 0 Å². The molecule has 0 rings (SSSR count). The Morgan fingerprint density at radius 3 is 1.06 bits per heavy atom. The van der Waals surface area contributed by atoms with Crippen LogP contribution in [-0.4, -0.2) is 37.2 Å². The quantitative estimate of drug-likeness (QED) is 0.0350. The Balaban J connectivity index is 4.33. The molecule has 0 bridgehead atoms. The smallest absolute Gasteiger partial charge is 0.306 e. The van der Waals surface area contributed by atoms with Gasteiger partial charge in [-0.15, -0.1) is 0 Å². The molecular weight excluding hydrogens is 673 g/mol. The highest BCUT2D eigenvalue weighted by atomic mass is 16.6. The summed E-state index contributed by atoms with van der Waals surface area (Å²) in [5, 5.41) is 0. The fourth-order valence-electron chi connectivity index (χ4n) is 7.07. The van der Waals surface area contributed by atoms with E-state index >= 15 is 0 Å². The van der Waals surface area contributed by atoms with Crippen molar-refractivity contribution in [3.8, 4) is 0 Å². The van der Waals surface area contributed by atoms with Crippen LogP contribution in [-0.2, 0) is 28.6 Å². The molecule has 0 amide bonds. The van der Waals surface area contributed by atoms with Crippen molar-refractivity contribution in [3.63, 3.8) is 0 Å². The minimum Gasteiger partial charge on any atom is -0.462 e. The normalized spacial score (nSPS) is 12.6. The molecule has 6 nitrogen and oxygen atoms in total. The van der Waals surface area contributed by atoms with E-state index in [4.69, 9.17) is 14.2 Å². The lowest BCUT2D eigenvalue weighted by Crippen LogP contribution is -2.30. The monoisotopic (exact) mass is 765 g/mol. The largest absolute Gasteiger partial charge is 0.462 e. The first-order valence-corrected chi connectivity index (χ1v) is 23.8. The van der Waals surface area contributed by atoms with E-state index in [0.29, 0.717) is 19.3 Å². The second-order valence-electron chi connectivity index (χ2n) is 17.1. The van der Waals surface area contributed by atoms with Crippen molar-refractivity contribution in [3.05, 3.63) is 0 Å². The van der Waals surface area contributed by atoms with Gasteiger partial charge in [0.15, 0.2) is 6.10 Å². The highest BCUT2D eigenvalue weighted by Crippen LogP contribution is 2.17. The van der Waals surface area contributed by atoms with Crippen molar-refractivity contribution in [2.75, 3.05) is 13.2 Å². The second-order valence-corrected chi connectivity index (χ2v) is 17.1. The maximum absolute atomic E-state index is 12.7. The van der Waals surface area contributed by atoms with Crippen molar-refractivity contribution in [2.24, 2.45) is 11.8 Å². The van der Waals surface area contributed by atoms with E-state index in [1.54, 1.807) is 0 Å². The maximum atomic E-state index is 12.7. The summed E-state index contributed by atoms with van der Waals surface area (Å²) in [5.74, 6) is 0.768. The van der Waals surface area contributed by atoms with Crippen LogP contribution in [0, 0.1) is 11.8 Å². The topological polar surface area (TPSA) is 78.9 Å². The molecule has 0 N–H and O–H groups in total. The first kappa shape index (κ1) is 52.4. The zero-order valence-electron chi connectivity index (χ0n) is 36.8. The molecule has 0 aromatic rings. The summed E-state index contributed by atoms with van der Waals surface area (Å²) in [5.41, 5.74) is 0. The van der Waals surface area contributed by atoms with Gasteiger partial charge in [0, 0.05) is 19.3 Å². The summed E-state index contributed by atoms with van der Waals surface area (Å²) in [6.45, 7) is 11.3. The van der Waals surface area contributed by atoms with Gasteiger partial charge in [0.2, 0.25) is 0 Å². The number of unbranched alkanes of at least 4 members (excludes halogenated alkanes) is 26. The average Bonchev–Trinajstić information content (AvgIpc) is 3.15. The molecule has 0 fully saturated rings. The minimum atomic E-state index is -0.761. The van der Waals surface area contributed by atoms with E-state index in [2.05, 4.69) is 34.6 Å². The van der Waals surface area contributed by atoms with Crippen molar-refractivity contribution in [1.29, 1.82) is 0 Å². The van der Waals surface area contributed by atoms with E-state index in [9.17, 15) is 14.4 Å². The highest BCUT2D eigenvalue weighted by Gasteiger charge is 2.19. The van der Waals surface area contributed by atoms with Crippen LogP contribution in [0.15, 0.2) is 0 Å². The highest BCUT2D eigenvalue weighted by molar-refractivity contribution is 5.71. The molecule has 0 heterocycles. The number of hydrogen-bond donors (Lipinski definition) is 0. The third kappa shape index (κ3) is 40.1. The van der Waals surface area contributed by atoms with Crippen molar-refractivity contribution in [2.45, 2.75) is 265 Å². The maximum Gasteiger partial charge on any atom is 0.306 e. The van der Waals surface area contributed by atoms with E-state index in [0.717, 1.165) is 69.6 Å². The zero-order chi connectivity index (χ0) is 39.7. The number of hydrogen-bond acceptors (Lipinski definition) is 6. The molecule has 2 atom stereocenters. The SMILES string of the molecule is CCCCCCCCCCCCCCCCC(=O)OC[C@@H](COC(=O)CCCCCCCCCC(C)C)OC(=O)CCCCCCCCCCC(C)CC. The van der Waals surface area contributed by atoms with Crippen LogP contribution in [0.4, 0.5) is 0 Å². The van der Waals surface area contributed by atoms with Gasteiger partial charge < -0.3 is 14.2 Å². The van der Waals surface area contributed by atoms with E-state index < -0.39 is 6.10 Å². The average molecular weight is 765 g/mol. The Morgan fingerprint density at radius 1 is 0.389 bits per heavy atom. The van der Waals surface area contributed by atoms with Gasteiger partial charge in [0.1, 0.15) is 13.2 Å². The third-order valence-electron chi connectivity index (χ3n) is 11.1. The van der Waals surface area contributed by atoms with Gasteiger partial charge in [-0.1, -0.05) is 221 Å². The summed E-state index contributed by atoms with van der Waals surface area (Å²) in [6, 6.07) is 0. The van der Waals surface area contributed by atoms with Crippen molar-refractivity contribution >= 4 is 17.9 Å². The number of ether oxygens (including phenoxy) is 3. The first-order valence-electron chi connectivity index (χ1n) is 23.8. The van der Waals surface area contributed by atoms with Gasteiger partial charge in [0.05, 0.1) is 0 Å². The Hall–Kier alpha value is -1.59. The standard InChI is InChI=1S/C48H92O6/c1-6-8-9-10-11-12-13-14-15-16-17-23-28-33-38-46(49)52-41-45(42-53-47(50)39-34-29-25-20-21-26-31-36-43(3)4)54-48(51)40-35-30-24-19-18-22-27-32-37-44(5)7-2/h43-45H,6-42H2,1-5H3/t44?,45-/m0/s1. The molecule has 0 radical (unpaired) electrons. The molecule has 0 saturated heterocycles. The molecule has 320 valence electrons. The number of carbonyl (C=O) groups is 3. The molecule has 1 unspecified atom stereocenters. The van der Waals surface area contributed by atoms with Gasteiger partial charge in [-0.05, 0) is 31.1 Å². The fraction of sp³-hybridized carbons (Fsp3) is 0.938. The Kier molecular flexibility index (Phi) is 39.8. The summed E-state index contributed by atoms with van der Waals surface area (Å²) in [4.78, 5) is 37.7. The van der Waals surface area contributed by atoms with Crippen LogP contribution in [0.2, 0.25) is 0 Å². The third-order valence-corrected chi connectivity index (χ3v) is 11.1. The lowest BCUT2D eigenvalue weighted by molar-refractivity contribution is -0.167. The molecule has 0 saturated carbocycles. The number of carbonyl (C=O) groups excluding carboxylic acids is 3. The minimum absolute atomic E-state index is 0.0652. The molecular formula is C48H92O6. The molecule has 0 spiro atoms. The predicted octanol–water partition coefficient (Wildman–Crippen LogP) is 15.0. The lowest BCUT2D eigenvalue weighted by Gasteiger charge is -2.18. The summed E-state index contributed by atoms with van der Waals surface area (Å²) in [6.07, 6.45) is 39.4. The summed E-state index contributed by atoms with van der Waals surface area (Å²) < 4.78 is 16.7. The van der Waals surface area contributed by atoms with Crippen LogP contribution in [0.1, 0.15) is 259 Å². The van der Waals surface area contributed by atoms with Gasteiger partial charge in [-0.3, -0.25) is 14.4 Å². The molecule has 0 aromatic heterocycles. The van der Waals surface area contributed by atoms with Crippen LogP contribution in [0.3, 0.4) is 0 Å². The number of esters is 3. The Morgan fingerprint density at radius 2 is 0.704 bits per heavy atom. The van der Waals surface area contributed by atoms with E-state index in [1.807, 2.05) is 0 Å². The Bertz CT molecular complexity index is 826. The summed E-state index contributed by atoms with van der Waals surface area (Å²) in [7, 11) is 0. The fourth-order valence-corrected chi connectivity index (χ4v) is 7.07. The van der Waals surface area contributed by atoms with Gasteiger partial charge >= 0.3 is 17.9 Å². The molecule has 6 heteroatoms. The molecule has 0 aliphatic carbocycles. The zero-order valence-corrected chi connectivity index (χ0v) is 36.8. The summed E-state index contributed by atoms with van der Waals surface area (Å²) >= 11 is 0. The predicted molar refractivity (Wildman–Crippen MR) is 229 cm³/mol. The number of rotatable bonds is 42. The van der Waals surface area contributed by atoms with Crippen LogP contribution in [0.5, 0.6) is 0 Å². The van der Waals surface area contributed by atoms with Crippen molar-refractivity contribution < 1.29 is 28.6 Å². The molecule has 0 aromatic carbocycles. The van der Waals surface area contributed by atoms with Crippen LogP contribution in [0.25, 0.3) is 0 Å². The van der Waals surface area contributed by atoms with Gasteiger partial charge in [0.25, 0.3) is 0 Å². The molecule has 0 aliphatic heterocycles. The van der Waals surface area contributed by atoms with Crippen LogP contribution >= 0.6 is 0 Å². The molecule has 0 aliphatic rings. The Labute approximate surface area is 336 Å². The van der Waals surface area contributed by atoms with E-state index in [1.165, 1.54) is 148 Å².